The van der Waals surface area contributed by atoms with E-state index in [2.05, 4.69) is 5.32 Å². The predicted octanol–water partition coefficient (Wildman–Crippen LogP) is 3.76. The molecule has 1 heterocycles. The molecule has 0 saturated carbocycles. The largest absolute Gasteiger partial charge is 0.352 e. The molecule has 1 saturated heterocycles. The van der Waals surface area contributed by atoms with E-state index < -0.39 is 0 Å². The van der Waals surface area contributed by atoms with E-state index in [9.17, 15) is 14.0 Å². The Labute approximate surface area is 160 Å². The maximum absolute atomic E-state index is 12.9. The molecule has 0 radical (unpaired) electrons. The van der Waals surface area contributed by atoms with Gasteiger partial charge in [0.15, 0.2) is 0 Å². The summed E-state index contributed by atoms with van der Waals surface area (Å²) in [6, 6.07) is 13.4. The average Bonchev–Trinajstić information content (AvgIpc) is 3.00. The van der Waals surface area contributed by atoms with E-state index in [0.717, 1.165) is 11.1 Å². The molecule has 26 heavy (non-hydrogen) atoms. The molecule has 0 spiro atoms. The molecule has 1 aliphatic rings. The lowest BCUT2D eigenvalue weighted by atomic mass is 10.2. The summed E-state index contributed by atoms with van der Waals surface area (Å²) in [7, 11) is 0. The average molecular weight is 393 g/mol. The molecule has 4 nitrogen and oxygen atoms in total. The van der Waals surface area contributed by atoms with Gasteiger partial charge in [-0.1, -0.05) is 41.9 Å². The zero-order valence-electron chi connectivity index (χ0n) is 14.0. The molecule has 1 aliphatic heterocycles. The first-order valence-electron chi connectivity index (χ1n) is 8.21. The molecule has 1 fully saturated rings. The van der Waals surface area contributed by atoms with Crippen molar-refractivity contribution in [3.63, 3.8) is 0 Å². The highest BCUT2D eigenvalue weighted by Gasteiger charge is 2.33. The summed E-state index contributed by atoms with van der Waals surface area (Å²) >= 11 is 7.77. The van der Waals surface area contributed by atoms with Gasteiger partial charge in [-0.15, -0.1) is 11.8 Å². The van der Waals surface area contributed by atoms with E-state index in [1.54, 1.807) is 23.1 Å². The van der Waals surface area contributed by atoms with Crippen molar-refractivity contribution in [2.45, 2.75) is 18.3 Å². The van der Waals surface area contributed by atoms with Gasteiger partial charge in [0.25, 0.3) is 0 Å². The first-order chi connectivity index (χ1) is 12.5. The molecule has 0 unspecified atom stereocenters. The van der Waals surface area contributed by atoms with Gasteiger partial charge in [-0.2, -0.15) is 0 Å². The zero-order chi connectivity index (χ0) is 18.5. The highest BCUT2D eigenvalue weighted by Crippen LogP contribution is 2.41. The van der Waals surface area contributed by atoms with Crippen molar-refractivity contribution in [1.82, 2.24) is 10.2 Å². The summed E-state index contributed by atoms with van der Waals surface area (Å²) in [6.07, 6.45) is 0.203. The van der Waals surface area contributed by atoms with Crippen LogP contribution in [0.1, 0.15) is 22.9 Å². The number of carbonyl (C=O) groups excluding carboxylic acids is 2. The molecule has 2 amide bonds. The van der Waals surface area contributed by atoms with Crippen LogP contribution in [-0.4, -0.2) is 29.0 Å². The van der Waals surface area contributed by atoms with E-state index in [0.29, 0.717) is 23.9 Å². The molecule has 7 heteroatoms. The topological polar surface area (TPSA) is 49.4 Å². The van der Waals surface area contributed by atoms with Crippen LogP contribution >= 0.6 is 23.4 Å². The molecular weight excluding hydrogens is 375 g/mol. The lowest BCUT2D eigenvalue weighted by molar-refractivity contribution is -0.129. The third kappa shape index (κ3) is 4.56. The smallest absolute Gasteiger partial charge is 0.233 e. The lowest BCUT2D eigenvalue weighted by Gasteiger charge is -2.24. The normalized spacial score (nSPS) is 16.8. The summed E-state index contributed by atoms with van der Waals surface area (Å²) in [5, 5.41) is 3.24. The quantitative estimate of drug-likeness (QED) is 0.814. The van der Waals surface area contributed by atoms with Crippen LogP contribution in [0.4, 0.5) is 4.39 Å². The van der Waals surface area contributed by atoms with Crippen LogP contribution in [0.15, 0.2) is 48.5 Å². The number of carbonyl (C=O) groups is 2. The molecule has 2 aromatic carbocycles. The van der Waals surface area contributed by atoms with Gasteiger partial charge < -0.3 is 10.2 Å². The predicted molar refractivity (Wildman–Crippen MR) is 101 cm³/mol. The monoisotopic (exact) mass is 392 g/mol. The fourth-order valence-electron chi connectivity index (χ4n) is 2.74. The SMILES string of the molecule is O=C(CCN1C(=O)CS[C@H]1c1ccccc1Cl)NCc1ccc(F)cc1. The number of hydrogen-bond donors (Lipinski definition) is 1. The minimum absolute atomic E-state index is 0.00579. The van der Waals surface area contributed by atoms with Crippen LogP contribution in [0.5, 0.6) is 0 Å². The van der Waals surface area contributed by atoms with E-state index >= 15 is 0 Å². The summed E-state index contributed by atoms with van der Waals surface area (Å²) in [6.45, 7) is 0.659. The molecule has 0 aliphatic carbocycles. The fourth-order valence-corrected chi connectivity index (χ4v) is 4.30. The van der Waals surface area contributed by atoms with Crippen molar-refractivity contribution < 1.29 is 14.0 Å². The van der Waals surface area contributed by atoms with Gasteiger partial charge >= 0.3 is 0 Å². The van der Waals surface area contributed by atoms with E-state index in [1.165, 1.54) is 23.9 Å². The summed E-state index contributed by atoms with van der Waals surface area (Å²) < 4.78 is 12.9. The van der Waals surface area contributed by atoms with Crippen molar-refractivity contribution in [1.29, 1.82) is 0 Å². The maximum Gasteiger partial charge on any atom is 0.233 e. The van der Waals surface area contributed by atoms with Crippen LogP contribution in [0.2, 0.25) is 5.02 Å². The second-order valence-corrected chi connectivity index (χ2v) is 7.40. The van der Waals surface area contributed by atoms with Gasteiger partial charge in [-0.05, 0) is 23.8 Å². The lowest BCUT2D eigenvalue weighted by Crippen LogP contribution is -2.33. The number of benzene rings is 2. The molecule has 1 atom stereocenters. The van der Waals surface area contributed by atoms with Crippen molar-refractivity contribution in [3.05, 3.63) is 70.5 Å². The highest BCUT2D eigenvalue weighted by molar-refractivity contribution is 8.00. The second kappa shape index (κ2) is 8.56. The van der Waals surface area contributed by atoms with Gasteiger partial charge in [-0.3, -0.25) is 9.59 Å². The number of hydrogen-bond acceptors (Lipinski definition) is 3. The van der Waals surface area contributed by atoms with Gasteiger partial charge in [0.2, 0.25) is 11.8 Å². The summed E-state index contributed by atoms with van der Waals surface area (Å²) in [5.41, 5.74) is 1.71. The van der Waals surface area contributed by atoms with E-state index in [-0.39, 0.29) is 29.4 Å². The molecule has 0 aromatic heterocycles. The van der Waals surface area contributed by atoms with Crippen LogP contribution in [-0.2, 0) is 16.1 Å². The van der Waals surface area contributed by atoms with Gasteiger partial charge in [0.1, 0.15) is 11.2 Å². The Morgan fingerprint density at radius 3 is 2.69 bits per heavy atom. The molecule has 136 valence electrons. The van der Waals surface area contributed by atoms with Crippen LogP contribution in [0, 0.1) is 5.82 Å². The molecule has 2 aromatic rings. The fraction of sp³-hybridized carbons (Fsp3) is 0.263. The Morgan fingerprint density at radius 1 is 1.23 bits per heavy atom. The van der Waals surface area contributed by atoms with Crippen molar-refractivity contribution >= 4 is 35.2 Å². The minimum Gasteiger partial charge on any atom is -0.352 e. The van der Waals surface area contributed by atoms with Gasteiger partial charge in [0.05, 0.1) is 5.75 Å². The molecule has 0 bridgehead atoms. The van der Waals surface area contributed by atoms with Crippen molar-refractivity contribution in [2.75, 3.05) is 12.3 Å². The van der Waals surface area contributed by atoms with Gasteiger partial charge in [-0.25, -0.2) is 4.39 Å². The van der Waals surface area contributed by atoms with Crippen molar-refractivity contribution in [3.8, 4) is 0 Å². The van der Waals surface area contributed by atoms with E-state index in [1.807, 2.05) is 18.2 Å². The first-order valence-corrected chi connectivity index (χ1v) is 9.64. The highest BCUT2D eigenvalue weighted by atomic mass is 35.5. The maximum atomic E-state index is 12.9. The summed E-state index contributed by atoms with van der Waals surface area (Å²) in [4.78, 5) is 26.0. The number of amides is 2. The van der Waals surface area contributed by atoms with Crippen LogP contribution in [0.25, 0.3) is 0 Å². The Balaban J connectivity index is 1.55. The third-order valence-corrected chi connectivity index (χ3v) is 5.70. The molecule has 1 N–H and O–H groups in total. The third-order valence-electron chi connectivity index (χ3n) is 4.12. The van der Waals surface area contributed by atoms with Crippen molar-refractivity contribution in [2.24, 2.45) is 0 Å². The Morgan fingerprint density at radius 2 is 1.96 bits per heavy atom. The minimum atomic E-state index is -0.310. The second-order valence-electron chi connectivity index (χ2n) is 5.93. The number of nitrogens with one attached hydrogen (secondary N) is 1. The van der Waals surface area contributed by atoms with Crippen LogP contribution < -0.4 is 5.32 Å². The molecular formula is C19H18ClFN2O2S. The van der Waals surface area contributed by atoms with Crippen LogP contribution in [0.3, 0.4) is 0 Å². The number of thioether (sulfide) groups is 1. The Bertz CT molecular complexity index is 800. The number of nitrogens with zero attached hydrogens (tertiary/aromatic N) is 1. The standard InChI is InChI=1S/C19H18ClFN2O2S/c20-16-4-2-1-3-15(16)19-23(18(25)12-26-19)10-9-17(24)22-11-13-5-7-14(21)8-6-13/h1-8,19H,9-12H2,(H,22,24)/t19-/m0/s1. The van der Waals surface area contributed by atoms with Gasteiger partial charge in [0, 0.05) is 30.1 Å². The Hall–Kier alpha value is -2.05. The number of rotatable bonds is 6. The first kappa shape index (κ1) is 18.7. The molecule has 3 rings (SSSR count). The number of halogens is 2. The van der Waals surface area contributed by atoms with E-state index in [4.69, 9.17) is 11.6 Å². The zero-order valence-corrected chi connectivity index (χ0v) is 15.5. The Kier molecular flexibility index (Phi) is 6.16. The summed E-state index contributed by atoms with van der Waals surface area (Å²) in [5.74, 6) is -0.0773.